The molecule has 0 aliphatic carbocycles. The Kier molecular flexibility index (Phi) is 5.82. The average molecular weight is 326 g/mol. The molecule has 23 heavy (non-hydrogen) atoms. The molecule has 0 bridgehead atoms. The highest BCUT2D eigenvalue weighted by Gasteiger charge is 2.30. The van der Waals surface area contributed by atoms with E-state index in [1.54, 1.807) is 0 Å². The molecule has 1 atom stereocenters. The Morgan fingerprint density at radius 2 is 2.00 bits per heavy atom. The van der Waals surface area contributed by atoms with Crippen LogP contribution in [0.4, 0.5) is 13.2 Å². The van der Waals surface area contributed by atoms with Crippen LogP contribution in [-0.4, -0.2) is 25.5 Å². The van der Waals surface area contributed by atoms with Gasteiger partial charge in [0, 0.05) is 19.5 Å². The molecule has 1 amide bonds. The minimum absolute atomic E-state index is 0.0863. The number of carbonyl (C=O) groups excluding carboxylic acids is 1. The Morgan fingerprint density at radius 3 is 2.57 bits per heavy atom. The fourth-order valence-corrected chi connectivity index (χ4v) is 2.51. The molecule has 1 heterocycles. The van der Waals surface area contributed by atoms with Gasteiger partial charge < -0.3 is 10.6 Å². The van der Waals surface area contributed by atoms with Crippen LogP contribution >= 0.6 is 0 Å². The van der Waals surface area contributed by atoms with Crippen molar-refractivity contribution >= 4 is 5.91 Å². The predicted molar refractivity (Wildman–Crippen MR) is 83.1 cm³/mol. The van der Waals surface area contributed by atoms with Gasteiger partial charge >= 0.3 is 6.18 Å². The van der Waals surface area contributed by atoms with Crippen LogP contribution in [0.15, 0.2) is 35.9 Å². The van der Waals surface area contributed by atoms with Gasteiger partial charge in [0.15, 0.2) is 0 Å². The third-order valence-electron chi connectivity index (χ3n) is 3.97. The lowest BCUT2D eigenvalue weighted by atomic mass is 9.96. The molecule has 126 valence electrons. The zero-order valence-corrected chi connectivity index (χ0v) is 13.0. The molecule has 1 aliphatic rings. The van der Waals surface area contributed by atoms with Gasteiger partial charge in [-0.3, -0.25) is 4.79 Å². The third kappa shape index (κ3) is 5.39. The standard InChI is InChI=1S/C17H21F3N2O/c1-12(14-2-4-15(5-3-14)17(18,19)20)10-16(23)22-11-13-6-8-21-9-7-13/h2-6,12,21H,7-11H2,1H3,(H,22,23). The summed E-state index contributed by atoms with van der Waals surface area (Å²) in [5.74, 6) is -0.212. The quantitative estimate of drug-likeness (QED) is 0.816. The molecule has 0 aromatic heterocycles. The first kappa shape index (κ1) is 17.5. The number of amides is 1. The molecule has 1 aromatic carbocycles. The van der Waals surface area contributed by atoms with Crippen molar-refractivity contribution in [3.63, 3.8) is 0 Å². The second-order valence-corrected chi connectivity index (χ2v) is 5.82. The number of rotatable bonds is 5. The van der Waals surface area contributed by atoms with E-state index in [4.69, 9.17) is 0 Å². The Bertz CT molecular complexity index is 564. The number of hydrogen-bond donors (Lipinski definition) is 2. The lowest BCUT2D eigenvalue weighted by Crippen LogP contribution is -2.30. The molecule has 6 heteroatoms. The van der Waals surface area contributed by atoms with Crippen molar-refractivity contribution in [1.82, 2.24) is 10.6 Å². The van der Waals surface area contributed by atoms with E-state index in [-0.39, 0.29) is 18.2 Å². The fourth-order valence-electron chi connectivity index (χ4n) is 2.51. The molecule has 0 saturated carbocycles. The first-order chi connectivity index (χ1) is 10.9. The highest BCUT2D eigenvalue weighted by atomic mass is 19.4. The van der Waals surface area contributed by atoms with Gasteiger partial charge in [-0.1, -0.05) is 30.7 Å². The van der Waals surface area contributed by atoms with Crippen LogP contribution in [-0.2, 0) is 11.0 Å². The first-order valence-corrected chi connectivity index (χ1v) is 7.68. The molecule has 2 rings (SSSR count). The Labute approximate surface area is 134 Å². The Hall–Kier alpha value is -1.82. The molecule has 2 N–H and O–H groups in total. The van der Waals surface area contributed by atoms with E-state index in [1.807, 2.05) is 6.92 Å². The van der Waals surface area contributed by atoms with Crippen LogP contribution in [0.3, 0.4) is 0 Å². The summed E-state index contributed by atoms with van der Waals surface area (Å²) >= 11 is 0. The molecule has 1 aromatic rings. The normalized spacial score (nSPS) is 16.6. The highest BCUT2D eigenvalue weighted by Crippen LogP contribution is 2.30. The van der Waals surface area contributed by atoms with Gasteiger partial charge in [-0.05, 0) is 36.6 Å². The molecule has 1 unspecified atom stereocenters. The SMILES string of the molecule is CC(CC(=O)NCC1=CCNCC1)c1ccc(C(F)(F)F)cc1. The summed E-state index contributed by atoms with van der Waals surface area (Å²) in [6.45, 7) is 4.13. The number of carbonyl (C=O) groups is 1. The fraction of sp³-hybridized carbons (Fsp3) is 0.471. The minimum atomic E-state index is -4.33. The lowest BCUT2D eigenvalue weighted by Gasteiger charge is -2.16. The van der Waals surface area contributed by atoms with E-state index >= 15 is 0 Å². The Morgan fingerprint density at radius 1 is 1.30 bits per heavy atom. The maximum absolute atomic E-state index is 12.5. The first-order valence-electron chi connectivity index (χ1n) is 7.68. The van der Waals surface area contributed by atoms with Gasteiger partial charge in [0.1, 0.15) is 0 Å². The van der Waals surface area contributed by atoms with Crippen molar-refractivity contribution in [1.29, 1.82) is 0 Å². The number of halogens is 3. The van der Waals surface area contributed by atoms with Gasteiger partial charge in [0.05, 0.1) is 5.56 Å². The van der Waals surface area contributed by atoms with Gasteiger partial charge in [-0.15, -0.1) is 0 Å². The highest BCUT2D eigenvalue weighted by molar-refractivity contribution is 5.77. The van der Waals surface area contributed by atoms with Crippen molar-refractivity contribution in [2.24, 2.45) is 0 Å². The van der Waals surface area contributed by atoms with Crippen LogP contribution in [0.2, 0.25) is 0 Å². The van der Waals surface area contributed by atoms with E-state index in [2.05, 4.69) is 16.7 Å². The van der Waals surface area contributed by atoms with E-state index in [1.165, 1.54) is 17.7 Å². The molecular formula is C17H21F3N2O. The third-order valence-corrected chi connectivity index (χ3v) is 3.97. The molecular weight excluding hydrogens is 305 g/mol. The van der Waals surface area contributed by atoms with Gasteiger partial charge in [0.2, 0.25) is 5.91 Å². The minimum Gasteiger partial charge on any atom is -0.352 e. The number of alkyl halides is 3. The van der Waals surface area contributed by atoms with E-state index in [9.17, 15) is 18.0 Å². The predicted octanol–water partition coefficient (Wildman–Crippen LogP) is 3.23. The van der Waals surface area contributed by atoms with Crippen molar-refractivity contribution in [3.8, 4) is 0 Å². The Balaban J connectivity index is 1.84. The van der Waals surface area contributed by atoms with Crippen molar-refractivity contribution in [3.05, 3.63) is 47.0 Å². The van der Waals surface area contributed by atoms with Crippen LogP contribution in [0.25, 0.3) is 0 Å². The van der Waals surface area contributed by atoms with Crippen LogP contribution in [0, 0.1) is 0 Å². The summed E-state index contributed by atoms with van der Waals surface area (Å²) in [5.41, 5.74) is 1.27. The maximum atomic E-state index is 12.5. The van der Waals surface area contributed by atoms with Gasteiger partial charge in [-0.2, -0.15) is 13.2 Å². The summed E-state index contributed by atoms with van der Waals surface area (Å²) in [4.78, 5) is 12.0. The van der Waals surface area contributed by atoms with Crippen LogP contribution in [0.1, 0.15) is 36.8 Å². The lowest BCUT2D eigenvalue weighted by molar-refractivity contribution is -0.137. The summed E-state index contributed by atoms with van der Waals surface area (Å²) in [6.07, 6.45) is -1.07. The molecule has 3 nitrogen and oxygen atoms in total. The van der Waals surface area contributed by atoms with Crippen LogP contribution < -0.4 is 10.6 Å². The number of nitrogens with one attached hydrogen (secondary N) is 2. The van der Waals surface area contributed by atoms with Crippen molar-refractivity contribution < 1.29 is 18.0 Å². The van der Waals surface area contributed by atoms with Crippen LogP contribution in [0.5, 0.6) is 0 Å². The number of benzene rings is 1. The summed E-state index contributed by atoms with van der Waals surface area (Å²) in [6, 6.07) is 5.00. The van der Waals surface area contributed by atoms with Gasteiger partial charge in [-0.25, -0.2) is 0 Å². The largest absolute Gasteiger partial charge is 0.416 e. The summed E-state index contributed by atoms with van der Waals surface area (Å²) in [7, 11) is 0. The molecule has 0 fully saturated rings. The number of hydrogen-bond acceptors (Lipinski definition) is 2. The van der Waals surface area contributed by atoms with E-state index in [0.29, 0.717) is 6.54 Å². The zero-order valence-electron chi connectivity index (χ0n) is 13.0. The van der Waals surface area contributed by atoms with E-state index < -0.39 is 11.7 Å². The molecule has 0 radical (unpaired) electrons. The molecule has 0 spiro atoms. The van der Waals surface area contributed by atoms with Crippen molar-refractivity contribution in [2.45, 2.75) is 31.9 Å². The van der Waals surface area contributed by atoms with E-state index in [0.717, 1.165) is 37.2 Å². The summed E-state index contributed by atoms with van der Waals surface area (Å²) in [5, 5.41) is 6.08. The second-order valence-electron chi connectivity index (χ2n) is 5.82. The van der Waals surface area contributed by atoms with Crippen molar-refractivity contribution in [2.75, 3.05) is 19.6 Å². The topological polar surface area (TPSA) is 41.1 Å². The maximum Gasteiger partial charge on any atom is 0.416 e. The van der Waals surface area contributed by atoms with Gasteiger partial charge in [0.25, 0.3) is 0 Å². The zero-order chi connectivity index (χ0) is 16.9. The second kappa shape index (κ2) is 7.64. The summed E-state index contributed by atoms with van der Waals surface area (Å²) < 4.78 is 37.6. The monoisotopic (exact) mass is 326 g/mol. The molecule has 0 saturated heterocycles. The molecule has 1 aliphatic heterocycles. The smallest absolute Gasteiger partial charge is 0.352 e. The average Bonchev–Trinajstić information content (AvgIpc) is 2.53.